The van der Waals surface area contributed by atoms with Gasteiger partial charge in [-0.1, -0.05) is 30.3 Å². The van der Waals surface area contributed by atoms with Gasteiger partial charge < -0.3 is 16.0 Å². The number of hydrogen-bond donors (Lipinski definition) is 2. The number of nitrogens with zero attached hydrogens (tertiary/aromatic N) is 3. The van der Waals surface area contributed by atoms with Crippen molar-refractivity contribution in [2.75, 3.05) is 36.1 Å². The molecular formula is C17H23N5. The van der Waals surface area contributed by atoms with Crippen LogP contribution in [0.4, 0.5) is 17.3 Å². The molecule has 5 heteroatoms. The van der Waals surface area contributed by atoms with E-state index < -0.39 is 0 Å². The summed E-state index contributed by atoms with van der Waals surface area (Å²) in [5, 5.41) is 3.01. The first kappa shape index (κ1) is 14.6. The third kappa shape index (κ3) is 3.13. The zero-order valence-electron chi connectivity index (χ0n) is 13.0. The van der Waals surface area contributed by atoms with E-state index >= 15 is 0 Å². The summed E-state index contributed by atoms with van der Waals surface area (Å²) >= 11 is 0. The number of rotatable bonds is 4. The van der Waals surface area contributed by atoms with Crippen LogP contribution in [-0.2, 0) is 6.42 Å². The fourth-order valence-corrected chi connectivity index (χ4v) is 3.13. The second-order valence-corrected chi connectivity index (χ2v) is 5.83. The summed E-state index contributed by atoms with van der Waals surface area (Å²) in [6, 6.07) is 10.7. The van der Waals surface area contributed by atoms with E-state index in [0.29, 0.717) is 11.5 Å². The van der Waals surface area contributed by atoms with Crippen LogP contribution in [0.3, 0.4) is 0 Å². The molecule has 1 fully saturated rings. The molecule has 0 saturated carbocycles. The highest BCUT2D eigenvalue weighted by Crippen LogP contribution is 2.30. The van der Waals surface area contributed by atoms with Crippen LogP contribution in [0.15, 0.2) is 36.7 Å². The van der Waals surface area contributed by atoms with E-state index in [0.717, 1.165) is 31.2 Å². The summed E-state index contributed by atoms with van der Waals surface area (Å²) in [5.74, 6) is 2.31. The topological polar surface area (TPSA) is 67.1 Å². The van der Waals surface area contributed by atoms with Gasteiger partial charge in [-0.2, -0.15) is 0 Å². The molecular weight excluding hydrogens is 274 g/mol. The summed E-state index contributed by atoms with van der Waals surface area (Å²) in [4.78, 5) is 10.8. The van der Waals surface area contributed by atoms with Crippen molar-refractivity contribution in [3.63, 3.8) is 0 Å². The highest BCUT2D eigenvalue weighted by molar-refractivity contribution is 5.74. The Morgan fingerprint density at radius 2 is 1.91 bits per heavy atom. The Kier molecular flexibility index (Phi) is 4.42. The fraction of sp³-hybridized carbons (Fsp3) is 0.412. The highest BCUT2D eigenvalue weighted by atomic mass is 15.2. The minimum atomic E-state index is 0.645. The van der Waals surface area contributed by atoms with Crippen molar-refractivity contribution in [2.45, 2.75) is 19.3 Å². The summed E-state index contributed by atoms with van der Waals surface area (Å²) in [6.45, 7) is 2.00. The molecule has 2 aromatic rings. The molecule has 3 N–H and O–H groups in total. The first-order chi connectivity index (χ1) is 10.8. The molecule has 0 radical (unpaired) electrons. The van der Waals surface area contributed by atoms with Gasteiger partial charge >= 0.3 is 0 Å². The number of nitrogens with two attached hydrogens (primary N) is 1. The molecule has 1 aromatic carbocycles. The maximum Gasteiger partial charge on any atom is 0.157 e. The molecule has 1 aliphatic heterocycles. The van der Waals surface area contributed by atoms with E-state index in [2.05, 4.69) is 50.5 Å². The number of piperidine rings is 1. The van der Waals surface area contributed by atoms with Crippen molar-refractivity contribution in [1.29, 1.82) is 0 Å². The van der Waals surface area contributed by atoms with E-state index in [4.69, 9.17) is 5.73 Å². The number of aromatic nitrogens is 2. The van der Waals surface area contributed by atoms with E-state index in [-0.39, 0.29) is 0 Å². The van der Waals surface area contributed by atoms with Gasteiger partial charge in [-0.25, -0.2) is 9.97 Å². The van der Waals surface area contributed by atoms with Crippen LogP contribution in [0.25, 0.3) is 0 Å². The Bertz CT molecular complexity index is 606. The van der Waals surface area contributed by atoms with Gasteiger partial charge in [0.2, 0.25) is 0 Å². The SMILES string of the molecule is CNc1ncnc(N2CCC(Cc3ccccc3)CC2)c1N. The summed E-state index contributed by atoms with van der Waals surface area (Å²) in [7, 11) is 1.83. The van der Waals surface area contributed by atoms with Crippen molar-refractivity contribution >= 4 is 17.3 Å². The minimum absolute atomic E-state index is 0.645. The zero-order chi connectivity index (χ0) is 15.4. The molecule has 1 saturated heterocycles. The van der Waals surface area contributed by atoms with E-state index in [9.17, 15) is 0 Å². The van der Waals surface area contributed by atoms with E-state index in [1.807, 2.05) is 7.05 Å². The molecule has 0 bridgehead atoms. The van der Waals surface area contributed by atoms with Crippen LogP contribution in [-0.4, -0.2) is 30.1 Å². The lowest BCUT2D eigenvalue weighted by molar-refractivity contribution is 0.402. The Balaban J connectivity index is 1.62. The molecule has 0 atom stereocenters. The van der Waals surface area contributed by atoms with Gasteiger partial charge in [-0.05, 0) is 30.7 Å². The average Bonchev–Trinajstić information content (AvgIpc) is 2.57. The molecule has 0 spiro atoms. The molecule has 3 rings (SSSR count). The predicted molar refractivity (Wildman–Crippen MR) is 91.1 cm³/mol. The summed E-state index contributed by atoms with van der Waals surface area (Å²) < 4.78 is 0. The highest BCUT2D eigenvalue weighted by Gasteiger charge is 2.22. The molecule has 1 aromatic heterocycles. The number of hydrogen-bond acceptors (Lipinski definition) is 5. The second-order valence-electron chi connectivity index (χ2n) is 5.83. The Morgan fingerprint density at radius 1 is 1.18 bits per heavy atom. The van der Waals surface area contributed by atoms with Crippen LogP contribution in [0, 0.1) is 5.92 Å². The van der Waals surface area contributed by atoms with Crippen molar-refractivity contribution in [3.05, 3.63) is 42.2 Å². The number of anilines is 3. The van der Waals surface area contributed by atoms with Gasteiger partial charge in [-0.15, -0.1) is 0 Å². The quantitative estimate of drug-likeness (QED) is 0.908. The van der Waals surface area contributed by atoms with Gasteiger partial charge in [0, 0.05) is 20.1 Å². The van der Waals surface area contributed by atoms with Crippen LogP contribution in [0.2, 0.25) is 0 Å². The Labute approximate surface area is 131 Å². The molecule has 0 unspecified atom stereocenters. The maximum atomic E-state index is 6.15. The smallest absolute Gasteiger partial charge is 0.157 e. The lowest BCUT2D eigenvalue weighted by atomic mass is 9.90. The second kappa shape index (κ2) is 6.64. The fourth-order valence-electron chi connectivity index (χ4n) is 3.13. The van der Waals surface area contributed by atoms with E-state index in [1.54, 1.807) is 6.33 Å². The van der Waals surface area contributed by atoms with Crippen LogP contribution in [0.5, 0.6) is 0 Å². The molecule has 22 heavy (non-hydrogen) atoms. The van der Waals surface area contributed by atoms with Crippen LogP contribution in [0.1, 0.15) is 18.4 Å². The van der Waals surface area contributed by atoms with Gasteiger partial charge in [0.25, 0.3) is 0 Å². The predicted octanol–water partition coefficient (Wildman–Crippen LogP) is 2.56. The minimum Gasteiger partial charge on any atom is -0.393 e. The lowest BCUT2D eigenvalue weighted by Crippen LogP contribution is -2.35. The molecule has 1 aliphatic rings. The largest absolute Gasteiger partial charge is 0.393 e. The average molecular weight is 297 g/mol. The third-order valence-corrected chi connectivity index (χ3v) is 4.38. The van der Waals surface area contributed by atoms with Crippen LogP contribution >= 0.6 is 0 Å². The molecule has 5 nitrogen and oxygen atoms in total. The Morgan fingerprint density at radius 3 is 2.59 bits per heavy atom. The van der Waals surface area contributed by atoms with Crippen molar-refractivity contribution in [2.24, 2.45) is 5.92 Å². The van der Waals surface area contributed by atoms with Gasteiger partial charge in [0.15, 0.2) is 11.6 Å². The first-order valence-electron chi connectivity index (χ1n) is 7.85. The van der Waals surface area contributed by atoms with Crippen molar-refractivity contribution in [1.82, 2.24) is 9.97 Å². The molecule has 2 heterocycles. The maximum absolute atomic E-state index is 6.15. The zero-order valence-corrected chi connectivity index (χ0v) is 13.0. The monoisotopic (exact) mass is 297 g/mol. The van der Waals surface area contributed by atoms with E-state index in [1.165, 1.54) is 18.4 Å². The van der Waals surface area contributed by atoms with Crippen molar-refractivity contribution < 1.29 is 0 Å². The van der Waals surface area contributed by atoms with Crippen molar-refractivity contribution in [3.8, 4) is 0 Å². The van der Waals surface area contributed by atoms with Gasteiger partial charge in [0.1, 0.15) is 12.0 Å². The Hall–Kier alpha value is -2.30. The molecule has 116 valence electrons. The van der Waals surface area contributed by atoms with Gasteiger partial charge in [-0.3, -0.25) is 0 Å². The normalized spacial score (nSPS) is 15.8. The van der Waals surface area contributed by atoms with Gasteiger partial charge in [0.05, 0.1) is 0 Å². The molecule has 0 aliphatic carbocycles. The third-order valence-electron chi connectivity index (χ3n) is 4.38. The number of nitrogens with one attached hydrogen (secondary N) is 1. The lowest BCUT2D eigenvalue weighted by Gasteiger charge is -2.33. The number of benzene rings is 1. The standard InChI is InChI=1S/C17H23N5/c1-19-16-15(18)17(21-12-20-16)22-9-7-14(8-10-22)11-13-5-3-2-4-6-13/h2-6,12,14H,7-11,18H2,1H3,(H,19,20,21). The first-order valence-corrected chi connectivity index (χ1v) is 7.85. The summed E-state index contributed by atoms with van der Waals surface area (Å²) in [6.07, 6.45) is 5.09. The van der Waals surface area contributed by atoms with Crippen LogP contribution < -0.4 is 16.0 Å². The number of nitrogen functional groups attached to an aromatic ring is 1. The summed E-state index contributed by atoms with van der Waals surface area (Å²) in [5.41, 5.74) is 8.23. The molecule has 0 amide bonds.